The first-order valence-electron chi connectivity index (χ1n) is 6.09. The summed E-state index contributed by atoms with van der Waals surface area (Å²) in [5.41, 5.74) is 0.850. The molecule has 18 heavy (non-hydrogen) atoms. The smallest absolute Gasteiger partial charge is 0.138 e. The van der Waals surface area contributed by atoms with Crippen LogP contribution in [0.5, 0.6) is 5.75 Å². The molecule has 0 amide bonds. The Hall–Kier alpha value is -0.640. The fraction of sp³-hybridized carbons (Fsp3) is 0.538. The Kier molecular flexibility index (Phi) is 4.98. The molecular formula is C13H17Cl2NO2. The summed E-state index contributed by atoms with van der Waals surface area (Å²) in [6, 6.07) is 5.53. The Morgan fingerprint density at radius 3 is 2.83 bits per heavy atom. The fourth-order valence-electron chi connectivity index (χ4n) is 1.51. The van der Waals surface area contributed by atoms with Crippen LogP contribution in [-0.4, -0.2) is 30.2 Å². The number of hydrogen-bond acceptors (Lipinski definition) is 3. The summed E-state index contributed by atoms with van der Waals surface area (Å²) in [6.45, 7) is 1.15. The van der Waals surface area contributed by atoms with E-state index in [2.05, 4.69) is 5.32 Å². The number of alkyl halides is 1. The number of anilines is 1. The highest BCUT2D eigenvalue weighted by Gasteiger charge is 2.22. The van der Waals surface area contributed by atoms with Gasteiger partial charge in [-0.1, -0.05) is 11.6 Å². The second-order valence-corrected chi connectivity index (χ2v) is 5.30. The third-order valence-electron chi connectivity index (χ3n) is 2.82. The summed E-state index contributed by atoms with van der Waals surface area (Å²) in [7, 11) is 0. The topological polar surface area (TPSA) is 41.5 Å². The SMILES string of the molecule is OC(CCl)CNc1ccc(OCC2CC2)c(Cl)c1. The van der Waals surface area contributed by atoms with Crippen LogP contribution >= 0.6 is 23.2 Å². The minimum atomic E-state index is -0.559. The van der Waals surface area contributed by atoms with Crippen molar-refractivity contribution in [1.82, 2.24) is 0 Å². The molecule has 0 heterocycles. The Bertz CT molecular complexity index is 397. The maximum Gasteiger partial charge on any atom is 0.138 e. The molecule has 0 aliphatic heterocycles. The van der Waals surface area contributed by atoms with Gasteiger partial charge in [0.25, 0.3) is 0 Å². The van der Waals surface area contributed by atoms with Crippen LogP contribution in [0.4, 0.5) is 5.69 Å². The number of nitrogens with one attached hydrogen (secondary N) is 1. The molecule has 1 aliphatic carbocycles. The minimum absolute atomic E-state index is 0.212. The molecular weight excluding hydrogens is 273 g/mol. The molecule has 0 aromatic heterocycles. The van der Waals surface area contributed by atoms with E-state index in [-0.39, 0.29) is 5.88 Å². The third kappa shape index (κ3) is 4.23. The van der Waals surface area contributed by atoms with E-state index in [9.17, 15) is 5.11 Å². The number of hydrogen-bond donors (Lipinski definition) is 2. The summed E-state index contributed by atoms with van der Waals surface area (Å²) in [4.78, 5) is 0. The van der Waals surface area contributed by atoms with Crippen molar-refractivity contribution < 1.29 is 9.84 Å². The van der Waals surface area contributed by atoms with Crippen LogP contribution in [-0.2, 0) is 0 Å². The lowest BCUT2D eigenvalue weighted by Gasteiger charge is -2.12. The van der Waals surface area contributed by atoms with Gasteiger partial charge >= 0.3 is 0 Å². The summed E-state index contributed by atoms with van der Waals surface area (Å²) in [5.74, 6) is 1.63. The monoisotopic (exact) mass is 289 g/mol. The van der Waals surface area contributed by atoms with E-state index >= 15 is 0 Å². The van der Waals surface area contributed by atoms with Crippen LogP contribution in [0.15, 0.2) is 18.2 Å². The molecule has 1 atom stereocenters. The molecule has 1 unspecified atom stereocenters. The average Bonchev–Trinajstić information content (AvgIpc) is 3.18. The quantitative estimate of drug-likeness (QED) is 0.758. The lowest BCUT2D eigenvalue weighted by Crippen LogP contribution is -2.20. The maximum absolute atomic E-state index is 9.34. The number of ether oxygens (including phenoxy) is 1. The predicted molar refractivity (Wildman–Crippen MR) is 74.9 cm³/mol. The van der Waals surface area contributed by atoms with Gasteiger partial charge in [0.05, 0.1) is 23.6 Å². The van der Waals surface area contributed by atoms with Crippen molar-refractivity contribution >= 4 is 28.9 Å². The van der Waals surface area contributed by atoms with Gasteiger partial charge in [-0.3, -0.25) is 0 Å². The van der Waals surface area contributed by atoms with Crippen LogP contribution in [0, 0.1) is 5.92 Å². The molecule has 1 aromatic carbocycles. The Labute approximate surface area is 117 Å². The normalized spacial score (nSPS) is 16.4. The van der Waals surface area contributed by atoms with Crippen molar-refractivity contribution in [3.05, 3.63) is 23.2 Å². The highest BCUT2D eigenvalue weighted by molar-refractivity contribution is 6.32. The molecule has 1 aliphatic rings. The van der Waals surface area contributed by atoms with Gasteiger partial charge in [0, 0.05) is 12.2 Å². The molecule has 100 valence electrons. The zero-order chi connectivity index (χ0) is 13.0. The molecule has 2 N–H and O–H groups in total. The minimum Gasteiger partial charge on any atom is -0.492 e. The van der Waals surface area contributed by atoms with Crippen LogP contribution in [0.25, 0.3) is 0 Å². The van der Waals surface area contributed by atoms with E-state index in [4.69, 9.17) is 27.9 Å². The highest BCUT2D eigenvalue weighted by atomic mass is 35.5. The molecule has 2 rings (SSSR count). The molecule has 1 aromatic rings. The Balaban J connectivity index is 1.87. The molecule has 0 saturated heterocycles. The summed E-state index contributed by atoms with van der Waals surface area (Å²) in [6.07, 6.45) is 1.96. The number of benzene rings is 1. The Morgan fingerprint density at radius 2 is 2.22 bits per heavy atom. The fourth-order valence-corrected chi connectivity index (χ4v) is 1.85. The van der Waals surface area contributed by atoms with Gasteiger partial charge in [-0.2, -0.15) is 0 Å². The van der Waals surface area contributed by atoms with Crippen molar-refractivity contribution in [3.63, 3.8) is 0 Å². The van der Waals surface area contributed by atoms with E-state index in [0.29, 0.717) is 23.2 Å². The van der Waals surface area contributed by atoms with E-state index < -0.39 is 6.10 Å². The zero-order valence-corrected chi connectivity index (χ0v) is 11.5. The highest BCUT2D eigenvalue weighted by Crippen LogP contribution is 2.32. The summed E-state index contributed by atoms with van der Waals surface area (Å²) >= 11 is 11.6. The summed E-state index contributed by atoms with van der Waals surface area (Å²) < 4.78 is 5.63. The van der Waals surface area contributed by atoms with Crippen molar-refractivity contribution in [2.45, 2.75) is 18.9 Å². The first kappa shape index (κ1) is 13.8. The molecule has 5 heteroatoms. The van der Waals surface area contributed by atoms with E-state index in [1.807, 2.05) is 12.1 Å². The van der Waals surface area contributed by atoms with Crippen LogP contribution in [0.1, 0.15) is 12.8 Å². The van der Waals surface area contributed by atoms with Crippen molar-refractivity contribution in [1.29, 1.82) is 0 Å². The number of halogens is 2. The number of rotatable bonds is 7. The zero-order valence-electron chi connectivity index (χ0n) is 10.0. The molecule has 0 spiro atoms. The van der Waals surface area contributed by atoms with E-state index in [1.165, 1.54) is 12.8 Å². The molecule has 0 radical (unpaired) electrons. The van der Waals surface area contributed by atoms with E-state index in [0.717, 1.165) is 12.3 Å². The number of aliphatic hydroxyl groups excluding tert-OH is 1. The van der Waals surface area contributed by atoms with Gasteiger partial charge in [-0.15, -0.1) is 11.6 Å². The van der Waals surface area contributed by atoms with Crippen LogP contribution < -0.4 is 10.1 Å². The standard InChI is InChI=1S/C13H17Cl2NO2/c14-6-11(17)7-16-10-3-4-13(12(15)5-10)18-8-9-1-2-9/h3-5,9,11,16-17H,1-2,6-8H2. The maximum atomic E-state index is 9.34. The molecule has 1 fully saturated rings. The molecule has 1 saturated carbocycles. The van der Waals surface area contributed by atoms with Crippen LogP contribution in [0.2, 0.25) is 5.02 Å². The second-order valence-electron chi connectivity index (χ2n) is 4.59. The van der Waals surface area contributed by atoms with Gasteiger partial charge in [-0.05, 0) is 37.0 Å². The van der Waals surface area contributed by atoms with Gasteiger partial charge in [-0.25, -0.2) is 0 Å². The second kappa shape index (κ2) is 6.50. The van der Waals surface area contributed by atoms with Gasteiger partial charge in [0.15, 0.2) is 0 Å². The van der Waals surface area contributed by atoms with Gasteiger partial charge < -0.3 is 15.2 Å². The van der Waals surface area contributed by atoms with Crippen LogP contribution in [0.3, 0.4) is 0 Å². The first-order valence-corrected chi connectivity index (χ1v) is 7.00. The summed E-state index contributed by atoms with van der Waals surface area (Å²) in [5, 5.41) is 13.0. The number of aliphatic hydroxyl groups is 1. The lowest BCUT2D eigenvalue weighted by atomic mass is 10.3. The van der Waals surface area contributed by atoms with Gasteiger partial charge in [0.1, 0.15) is 5.75 Å². The van der Waals surface area contributed by atoms with Crippen molar-refractivity contribution in [3.8, 4) is 5.75 Å². The van der Waals surface area contributed by atoms with Gasteiger partial charge in [0.2, 0.25) is 0 Å². The van der Waals surface area contributed by atoms with Crippen molar-refractivity contribution in [2.24, 2.45) is 5.92 Å². The predicted octanol–water partition coefficient (Wildman–Crippen LogP) is 3.14. The molecule has 3 nitrogen and oxygen atoms in total. The van der Waals surface area contributed by atoms with E-state index in [1.54, 1.807) is 6.07 Å². The first-order chi connectivity index (χ1) is 8.69. The van der Waals surface area contributed by atoms with Crippen molar-refractivity contribution in [2.75, 3.05) is 24.3 Å². The lowest BCUT2D eigenvalue weighted by molar-refractivity contribution is 0.211. The largest absolute Gasteiger partial charge is 0.492 e. The average molecular weight is 290 g/mol. The Morgan fingerprint density at radius 1 is 1.44 bits per heavy atom. The molecule has 0 bridgehead atoms. The third-order valence-corrected chi connectivity index (χ3v) is 3.47.